The van der Waals surface area contributed by atoms with Crippen molar-refractivity contribution < 1.29 is 34.2 Å². The molecule has 0 aromatic carbocycles. The SMILES string of the molecule is CC(C)CC(NC(=O)C(CCC(=O)O)NC(=O)CNC(=O)CN)C(=O)O. The summed E-state index contributed by atoms with van der Waals surface area (Å²) in [6.45, 7) is 2.81. The topological polar surface area (TPSA) is 188 Å². The Morgan fingerprint density at radius 3 is 2.04 bits per heavy atom. The van der Waals surface area contributed by atoms with Gasteiger partial charge in [0, 0.05) is 6.42 Å². The van der Waals surface area contributed by atoms with Crippen molar-refractivity contribution in [1.29, 1.82) is 0 Å². The van der Waals surface area contributed by atoms with Crippen molar-refractivity contribution in [2.45, 2.75) is 45.2 Å². The Morgan fingerprint density at radius 1 is 0.962 bits per heavy atom. The number of hydrogen-bond acceptors (Lipinski definition) is 6. The van der Waals surface area contributed by atoms with E-state index in [1.807, 2.05) is 0 Å². The number of rotatable bonds is 12. The highest BCUT2D eigenvalue weighted by atomic mass is 16.4. The van der Waals surface area contributed by atoms with Crippen LogP contribution in [0.4, 0.5) is 0 Å². The van der Waals surface area contributed by atoms with E-state index in [-0.39, 0.29) is 25.3 Å². The number of hydrogen-bond donors (Lipinski definition) is 6. The largest absolute Gasteiger partial charge is 0.481 e. The molecule has 0 saturated carbocycles. The Hall–Kier alpha value is -2.69. The van der Waals surface area contributed by atoms with Crippen LogP contribution in [0.5, 0.6) is 0 Å². The molecule has 0 fully saturated rings. The predicted octanol–water partition coefficient (Wildman–Crippen LogP) is -1.97. The summed E-state index contributed by atoms with van der Waals surface area (Å²) >= 11 is 0. The van der Waals surface area contributed by atoms with Crippen molar-refractivity contribution in [3.8, 4) is 0 Å². The summed E-state index contributed by atoms with van der Waals surface area (Å²) in [5, 5.41) is 24.7. The van der Waals surface area contributed by atoms with E-state index >= 15 is 0 Å². The van der Waals surface area contributed by atoms with Gasteiger partial charge in [-0.3, -0.25) is 19.2 Å². The summed E-state index contributed by atoms with van der Waals surface area (Å²) in [7, 11) is 0. The molecule has 11 nitrogen and oxygen atoms in total. The predicted molar refractivity (Wildman–Crippen MR) is 89.9 cm³/mol. The maximum absolute atomic E-state index is 12.3. The summed E-state index contributed by atoms with van der Waals surface area (Å²) in [6, 6.07) is -2.41. The molecule has 11 heteroatoms. The molecule has 0 spiro atoms. The Balaban J connectivity index is 4.94. The number of carbonyl (C=O) groups excluding carboxylic acids is 3. The lowest BCUT2D eigenvalue weighted by molar-refractivity contribution is -0.143. The fourth-order valence-electron chi connectivity index (χ4n) is 2.00. The smallest absolute Gasteiger partial charge is 0.326 e. The Labute approximate surface area is 150 Å². The van der Waals surface area contributed by atoms with Gasteiger partial charge >= 0.3 is 11.9 Å². The van der Waals surface area contributed by atoms with Crippen LogP contribution in [0, 0.1) is 5.92 Å². The third kappa shape index (κ3) is 10.2. The van der Waals surface area contributed by atoms with Crippen LogP contribution >= 0.6 is 0 Å². The van der Waals surface area contributed by atoms with Crippen LogP contribution in [0.1, 0.15) is 33.1 Å². The lowest BCUT2D eigenvalue weighted by atomic mass is 10.0. The monoisotopic (exact) mass is 374 g/mol. The molecular weight excluding hydrogens is 348 g/mol. The van der Waals surface area contributed by atoms with Gasteiger partial charge in [0.15, 0.2) is 0 Å². The Bertz CT molecular complexity index is 536. The van der Waals surface area contributed by atoms with E-state index in [1.54, 1.807) is 13.8 Å². The van der Waals surface area contributed by atoms with Crippen LogP contribution < -0.4 is 21.7 Å². The number of carboxylic acids is 2. The van der Waals surface area contributed by atoms with E-state index < -0.39 is 54.7 Å². The molecule has 0 heterocycles. The first-order valence-electron chi connectivity index (χ1n) is 8.07. The minimum Gasteiger partial charge on any atom is -0.481 e. The molecule has 0 aromatic heterocycles. The molecule has 0 rings (SSSR count). The van der Waals surface area contributed by atoms with E-state index in [0.717, 1.165) is 0 Å². The van der Waals surface area contributed by atoms with Gasteiger partial charge in [-0.1, -0.05) is 13.8 Å². The maximum Gasteiger partial charge on any atom is 0.326 e. The fourth-order valence-corrected chi connectivity index (χ4v) is 2.00. The molecule has 0 aliphatic rings. The third-order valence-electron chi connectivity index (χ3n) is 3.25. The molecule has 0 aromatic rings. The van der Waals surface area contributed by atoms with Gasteiger partial charge in [0.2, 0.25) is 17.7 Å². The molecule has 0 bridgehead atoms. The van der Waals surface area contributed by atoms with Crippen LogP contribution in [0.3, 0.4) is 0 Å². The number of nitrogens with one attached hydrogen (secondary N) is 3. The average molecular weight is 374 g/mol. The van der Waals surface area contributed by atoms with E-state index in [2.05, 4.69) is 16.0 Å². The van der Waals surface area contributed by atoms with E-state index in [1.165, 1.54) is 0 Å². The fraction of sp³-hybridized carbons (Fsp3) is 0.667. The van der Waals surface area contributed by atoms with Gasteiger partial charge in [-0.05, 0) is 18.8 Å². The third-order valence-corrected chi connectivity index (χ3v) is 3.25. The maximum atomic E-state index is 12.3. The van der Waals surface area contributed by atoms with Gasteiger partial charge in [-0.15, -0.1) is 0 Å². The van der Waals surface area contributed by atoms with Gasteiger partial charge < -0.3 is 31.9 Å². The van der Waals surface area contributed by atoms with Gasteiger partial charge in [0.05, 0.1) is 13.1 Å². The first-order chi connectivity index (χ1) is 12.1. The van der Waals surface area contributed by atoms with Gasteiger partial charge in [0.25, 0.3) is 0 Å². The lowest BCUT2D eigenvalue weighted by Crippen LogP contribution is -2.53. The molecule has 0 aliphatic carbocycles. The normalized spacial score (nSPS) is 12.8. The zero-order valence-electron chi connectivity index (χ0n) is 14.8. The molecule has 148 valence electrons. The summed E-state index contributed by atoms with van der Waals surface area (Å²) < 4.78 is 0. The van der Waals surface area contributed by atoms with Crippen LogP contribution in [-0.2, 0) is 24.0 Å². The molecule has 3 amide bonds. The van der Waals surface area contributed by atoms with Gasteiger partial charge in [0.1, 0.15) is 12.1 Å². The number of aliphatic carboxylic acids is 2. The summed E-state index contributed by atoms with van der Waals surface area (Å²) in [5.74, 6) is -4.52. The Kier molecular flexibility index (Phi) is 10.6. The quantitative estimate of drug-likeness (QED) is 0.227. The summed E-state index contributed by atoms with van der Waals surface area (Å²) in [4.78, 5) is 57.1. The Morgan fingerprint density at radius 2 is 1.58 bits per heavy atom. The second kappa shape index (κ2) is 11.8. The molecule has 2 atom stereocenters. The minimum absolute atomic E-state index is 0.00469. The molecule has 0 aliphatic heterocycles. The highest BCUT2D eigenvalue weighted by molar-refractivity contribution is 5.92. The van der Waals surface area contributed by atoms with Crippen molar-refractivity contribution in [2.24, 2.45) is 11.7 Å². The van der Waals surface area contributed by atoms with Crippen molar-refractivity contribution in [1.82, 2.24) is 16.0 Å². The number of nitrogens with two attached hydrogens (primary N) is 1. The zero-order chi connectivity index (χ0) is 20.3. The molecule has 26 heavy (non-hydrogen) atoms. The van der Waals surface area contributed by atoms with Crippen molar-refractivity contribution in [3.63, 3.8) is 0 Å². The average Bonchev–Trinajstić information content (AvgIpc) is 2.54. The highest BCUT2D eigenvalue weighted by Crippen LogP contribution is 2.06. The molecular formula is C15H26N4O7. The minimum atomic E-state index is -1.25. The first kappa shape index (κ1) is 23.3. The molecule has 7 N–H and O–H groups in total. The molecule has 0 saturated heterocycles. The van der Waals surface area contributed by atoms with E-state index in [9.17, 15) is 24.0 Å². The lowest BCUT2D eigenvalue weighted by Gasteiger charge is -2.22. The van der Waals surface area contributed by atoms with E-state index in [4.69, 9.17) is 15.9 Å². The van der Waals surface area contributed by atoms with Crippen molar-refractivity contribution in [3.05, 3.63) is 0 Å². The zero-order valence-corrected chi connectivity index (χ0v) is 14.8. The number of carboxylic acid groups (broad SMARTS) is 2. The summed E-state index contributed by atoms with van der Waals surface area (Å²) in [5.41, 5.74) is 5.08. The first-order valence-corrected chi connectivity index (χ1v) is 8.07. The van der Waals surface area contributed by atoms with Crippen LogP contribution in [0.25, 0.3) is 0 Å². The molecule has 2 unspecified atom stereocenters. The van der Waals surface area contributed by atoms with Crippen molar-refractivity contribution in [2.75, 3.05) is 13.1 Å². The van der Waals surface area contributed by atoms with Gasteiger partial charge in [-0.2, -0.15) is 0 Å². The number of carbonyl (C=O) groups is 5. The highest BCUT2D eigenvalue weighted by Gasteiger charge is 2.27. The van der Waals surface area contributed by atoms with Gasteiger partial charge in [-0.25, -0.2) is 4.79 Å². The number of amides is 3. The van der Waals surface area contributed by atoms with Crippen molar-refractivity contribution >= 4 is 29.7 Å². The second-order valence-corrected chi connectivity index (χ2v) is 6.06. The second-order valence-electron chi connectivity index (χ2n) is 6.06. The molecule has 0 radical (unpaired) electrons. The summed E-state index contributed by atoms with van der Waals surface area (Å²) in [6.07, 6.45) is -0.464. The van der Waals surface area contributed by atoms with Crippen LogP contribution in [-0.4, -0.2) is 65.0 Å². The van der Waals surface area contributed by atoms with Crippen LogP contribution in [0.15, 0.2) is 0 Å². The standard InChI is InChI=1S/C15H26N4O7/c1-8(2)5-10(15(25)26)19-14(24)9(3-4-13(22)23)18-12(21)7-17-11(20)6-16/h8-10H,3-7,16H2,1-2H3,(H,17,20)(H,18,21)(H,19,24)(H,22,23)(H,25,26). The van der Waals surface area contributed by atoms with Crippen LogP contribution in [0.2, 0.25) is 0 Å². The van der Waals surface area contributed by atoms with E-state index in [0.29, 0.717) is 0 Å².